The minimum atomic E-state index is -1.12. The highest BCUT2D eigenvalue weighted by atomic mass is 16.5. The molecule has 0 aromatic rings. The van der Waals surface area contributed by atoms with Crippen molar-refractivity contribution in [3.63, 3.8) is 0 Å². The number of nitrogens with zero attached hydrogens (tertiary/aromatic N) is 1. The molecule has 2 heterocycles. The molecule has 0 bridgehead atoms. The van der Waals surface area contributed by atoms with Crippen LogP contribution in [0, 0.1) is 11.8 Å². The van der Waals surface area contributed by atoms with Gasteiger partial charge in [0, 0.05) is 5.92 Å². The molecule has 0 aliphatic carbocycles. The maximum atomic E-state index is 12.1. The molecule has 0 spiro atoms. The molecular formula is C13H19NO5. The molecule has 0 saturated carbocycles. The van der Waals surface area contributed by atoms with Gasteiger partial charge < -0.3 is 14.7 Å². The summed E-state index contributed by atoms with van der Waals surface area (Å²) in [6.07, 6.45) is -0.148. The van der Waals surface area contributed by atoms with Crippen LogP contribution in [0.3, 0.4) is 0 Å². The summed E-state index contributed by atoms with van der Waals surface area (Å²) in [5.74, 6) is -2.29. The summed E-state index contributed by atoms with van der Waals surface area (Å²) in [6.45, 7) is 5.31. The number of carbonyl (C=O) groups is 3. The summed E-state index contributed by atoms with van der Waals surface area (Å²) in [5.41, 5.74) is 0. The molecule has 5 atom stereocenters. The van der Waals surface area contributed by atoms with E-state index in [1.807, 2.05) is 6.92 Å². The first kappa shape index (κ1) is 14.0. The van der Waals surface area contributed by atoms with E-state index in [1.165, 1.54) is 11.8 Å². The Kier molecular flexibility index (Phi) is 3.62. The zero-order chi connectivity index (χ0) is 14.3. The van der Waals surface area contributed by atoms with Gasteiger partial charge in [0.1, 0.15) is 0 Å². The highest BCUT2D eigenvalue weighted by molar-refractivity contribution is 6.12. The van der Waals surface area contributed by atoms with Crippen LogP contribution in [0.4, 0.5) is 0 Å². The molecule has 2 rings (SSSR count). The smallest absolute Gasteiger partial charge is 0.336 e. The Bertz CT molecular complexity index is 419. The summed E-state index contributed by atoms with van der Waals surface area (Å²) in [4.78, 5) is 37.2. The fourth-order valence-electron chi connectivity index (χ4n) is 2.96. The monoisotopic (exact) mass is 269 g/mol. The van der Waals surface area contributed by atoms with Gasteiger partial charge in [-0.2, -0.15) is 0 Å². The van der Waals surface area contributed by atoms with Gasteiger partial charge in [-0.05, 0) is 13.3 Å². The van der Waals surface area contributed by atoms with Crippen LogP contribution in [0.25, 0.3) is 0 Å². The second kappa shape index (κ2) is 4.92. The number of β-lactam (4-membered cyclic amide) rings is 1. The Hall–Kier alpha value is -1.43. The van der Waals surface area contributed by atoms with Crippen molar-refractivity contribution >= 4 is 17.7 Å². The predicted molar refractivity (Wildman–Crippen MR) is 65.0 cm³/mol. The van der Waals surface area contributed by atoms with Crippen LogP contribution in [-0.2, 0) is 19.1 Å². The van der Waals surface area contributed by atoms with Crippen molar-refractivity contribution < 1.29 is 24.2 Å². The van der Waals surface area contributed by atoms with Crippen LogP contribution >= 0.6 is 0 Å². The molecule has 2 saturated heterocycles. The maximum absolute atomic E-state index is 12.1. The molecule has 6 heteroatoms. The topological polar surface area (TPSA) is 83.9 Å². The standard InChI is InChI=1S/C13H19NO5/c1-4-5-19-13(18)10-11(16)6(2)9-8(7(3)15)12(17)14(9)10/h6-10,15H,4-5H2,1-3H3/t6-,7-,8-,9-,10?/m1/s1. The second-order valence-electron chi connectivity index (χ2n) is 5.26. The van der Waals surface area contributed by atoms with E-state index in [2.05, 4.69) is 0 Å². The lowest BCUT2D eigenvalue weighted by molar-refractivity contribution is -0.173. The number of ketones is 1. The first-order chi connectivity index (χ1) is 8.91. The third kappa shape index (κ3) is 1.94. The molecule has 1 unspecified atom stereocenters. The molecule has 6 nitrogen and oxygen atoms in total. The number of aliphatic hydroxyl groups excluding tert-OH is 1. The van der Waals surface area contributed by atoms with Crippen molar-refractivity contribution in [1.82, 2.24) is 4.90 Å². The van der Waals surface area contributed by atoms with Gasteiger partial charge in [0.15, 0.2) is 11.8 Å². The minimum absolute atomic E-state index is 0.240. The molecule has 19 heavy (non-hydrogen) atoms. The first-order valence-corrected chi connectivity index (χ1v) is 6.62. The van der Waals surface area contributed by atoms with E-state index in [1.54, 1.807) is 6.92 Å². The Balaban J connectivity index is 2.18. The molecule has 106 valence electrons. The van der Waals surface area contributed by atoms with Crippen molar-refractivity contribution in [3.05, 3.63) is 0 Å². The molecular weight excluding hydrogens is 250 g/mol. The van der Waals surface area contributed by atoms with Crippen molar-refractivity contribution in [2.24, 2.45) is 11.8 Å². The summed E-state index contributed by atoms with van der Waals surface area (Å²) >= 11 is 0. The highest BCUT2D eigenvalue weighted by Gasteiger charge is 2.64. The van der Waals surface area contributed by atoms with Crippen molar-refractivity contribution in [2.45, 2.75) is 45.4 Å². The zero-order valence-corrected chi connectivity index (χ0v) is 11.3. The SMILES string of the molecule is CCCOC(=O)C1C(=O)[C@H](C)[C@@H]2[C@@H]([C@@H](C)O)C(=O)N12. The number of hydrogen-bond donors (Lipinski definition) is 1. The van der Waals surface area contributed by atoms with Crippen LogP contribution in [0.2, 0.25) is 0 Å². The van der Waals surface area contributed by atoms with Gasteiger partial charge in [-0.25, -0.2) is 4.79 Å². The average Bonchev–Trinajstić information content (AvgIpc) is 2.57. The number of aliphatic hydroxyl groups is 1. The number of ether oxygens (including phenoxy) is 1. The number of carbonyl (C=O) groups excluding carboxylic acids is 3. The van der Waals surface area contributed by atoms with Crippen LogP contribution in [0.15, 0.2) is 0 Å². The van der Waals surface area contributed by atoms with E-state index >= 15 is 0 Å². The van der Waals surface area contributed by atoms with E-state index in [9.17, 15) is 19.5 Å². The van der Waals surface area contributed by atoms with Gasteiger partial charge in [0.2, 0.25) is 5.91 Å². The van der Waals surface area contributed by atoms with Crippen LogP contribution in [-0.4, -0.2) is 52.5 Å². The third-order valence-electron chi connectivity index (χ3n) is 3.93. The van der Waals surface area contributed by atoms with Crippen molar-refractivity contribution in [1.29, 1.82) is 0 Å². The molecule has 0 aromatic carbocycles. The number of rotatable bonds is 4. The van der Waals surface area contributed by atoms with E-state index in [-0.39, 0.29) is 24.3 Å². The Labute approximate surface area is 111 Å². The quantitative estimate of drug-likeness (QED) is 0.431. The summed E-state index contributed by atoms with van der Waals surface area (Å²) in [6, 6.07) is -1.49. The summed E-state index contributed by atoms with van der Waals surface area (Å²) in [5, 5.41) is 9.58. The van der Waals surface area contributed by atoms with Gasteiger partial charge in [0.25, 0.3) is 0 Å². The van der Waals surface area contributed by atoms with Crippen molar-refractivity contribution in [2.75, 3.05) is 6.61 Å². The van der Waals surface area contributed by atoms with Gasteiger partial charge in [-0.15, -0.1) is 0 Å². The highest BCUT2D eigenvalue weighted by Crippen LogP contribution is 2.43. The molecule has 0 aromatic heterocycles. The molecule has 2 aliphatic rings. The normalized spacial score (nSPS) is 34.8. The average molecular weight is 269 g/mol. The number of esters is 1. The molecule has 2 fully saturated rings. The predicted octanol–water partition coefficient (Wildman–Crippen LogP) is -0.265. The Morgan fingerprint density at radius 1 is 1.47 bits per heavy atom. The second-order valence-corrected chi connectivity index (χ2v) is 5.26. The number of Topliss-reactive ketones (excluding diaryl/α,β-unsaturated/α-hetero) is 1. The van der Waals surface area contributed by atoms with Gasteiger partial charge >= 0.3 is 5.97 Å². The lowest BCUT2D eigenvalue weighted by Gasteiger charge is -2.46. The first-order valence-electron chi connectivity index (χ1n) is 6.62. The van der Waals surface area contributed by atoms with Gasteiger partial charge in [0.05, 0.1) is 24.7 Å². The number of fused-ring (bicyclic) bond motifs is 1. The fourth-order valence-corrected chi connectivity index (χ4v) is 2.96. The Morgan fingerprint density at radius 2 is 2.11 bits per heavy atom. The zero-order valence-electron chi connectivity index (χ0n) is 11.3. The van der Waals surface area contributed by atoms with Gasteiger partial charge in [-0.1, -0.05) is 13.8 Å². The lowest BCUT2D eigenvalue weighted by atomic mass is 9.79. The fraction of sp³-hybridized carbons (Fsp3) is 0.769. The number of hydrogen-bond acceptors (Lipinski definition) is 5. The van der Waals surface area contributed by atoms with E-state index in [4.69, 9.17) is 4.74 Å². The van der Waals surface area contributed by atoms with Crippen molar-refractivity contribution in [3.8, 4) is 0 Å². The minimum Gasteiger partial charge on any atom is -0.464 e. The van der Waals surface area contributed by atoms with E-state index in [0.717, 1.165) is 0 Å². The molecule has 2 aliphatic heterocycles. The van der Waals surface area contributed by atoms with E-state index in [0.29, 0.717) is 6.42 Å². The summed E-state index contributed by atoms with van der Waals surface area (Å²) < 4.78 is 4.97. The largest absolute Gasteiger partial charge is 0.464 e. The summed E-state index contributed by atoms with van der Waals surface area (Å²) in [7, 11) is 0. The molecule has 0 radical (unpaired) electrons. The van der Waals surface area contributed by atoms with E-state index < -0.39 is 30.0 Å². The Morgan fingerprint density at radius 3 is 2.63 bits per heavy atom. The molecule has 1 amide bonds. The number of amides is 1. The van der Waals surface area contributed by atoms with Gasteiger partial charge in [-0.3, -0.25) is 9.59 Å². The lowest BCUT2D eigenvalue weighted by Crippen LogP contribution is -2.65. The van der Waals surface area contributed by atoms with Crippen LogP contribution in [0.5, 0.6) is 0 Å². The van der Waals surface area contributed by atoms with Crippen LogP contribution < -0.4 is 0 Å². The maximum Gasteiger partial charge on any atom is 0.336 e. The third-order valence-corrected chi connectivity index (χ3v) is 3.93. The van der Waals surface area contributed by atoms with Crippen LogP contribution in [0.1, 0.15) is 27.2 Å². The molecule has 1 N–H and O–H groups in total.